The van der Waals surface area contributed by atoms with Crippen molar-refractivity contribution < 1.29 is 27.5 Å². The first-order chi connectivity index (χ1) is 9.65. The van der Waals surface area contributed by atoms with Crippen LogP contribution in [0.4, 0.5) is 0 Å². The number of aliphatic hydroxyl groups is 1. The molecular weight excluding hydrogens is 298 g/mol. The molecule has 1 atom stereocenters. The minimum absolute atomic E-state index is 0.0980. The molecule has 0 aliphatic heterocycles. The highest BCUT2D eigenvalue weighted by molar-refractivity contribution is 7.89. The third-order valence-corrected chi connectivity index (χ3v) is 4.81. The van der Waals surface area contributed by atoms with Gasteiger partial charge in [-0.1, -0.05) is 13.8 Å². The number of aliphatic hydroxyl groups excluding tert-OH is 1. The zero-order valence-electron chi connectivity index (χ0n) is 12.8. The molecule has 0 radical (unpaired) electrons. The molecule has 1 aromatic heterocycles. The first-order valence-corrected chi connectivity index (χ1v) is 7.95. The lowest BCUT2D eigenvalue weighted by atomic mass is 10.1. The van der Waals surface area contributed by atoms with Crippen LogP contribution < -0.4 is 4.72 Å². The van der Waals surface area contributed by atoms with Gasteiger partial charge < -0.3 is 14.3 Å². The minimum atomic E-state index is -4.02. The number of carbonyl (C=O) groups excluding carboxylic acids is 1. The van der Waals surface area contributed by atoms with E-state index in [4.69, 9.17) is 4.42 Å². The Labute approximate surface area is 124 Å². The Kier molecular flexibility index (Phi) is 5.54. The number of furan rings is 1. The number of nitrogens with one attached hydrogen (secondary N) is 1. The number of hydrogen-bond acceptors (Lipinski definition) is 6. The molecule has 120 valence electrons. The third-order valence-electron chi connectivity index (χ3n) is 3.17. The normalized spacial score (nSPS) is 13.5. The minimum Gasteiger partial charge on any atom is -0.465 e. The number of carbonyl (C=O) groups is 1. The number of sulfonamides is 1. The van der Waals surface area contributed by atoms with Crippen molar-refractivity contribution in [3.8, 4) is 0 Å². The van der Waals surface area contributed by atoms with E-state index in [-0.39, 0.29) is 34.5 Å². The summed E-state index contributed by atoms with van der Waals surface area (Å²) in [4.78, 5) is 11.5. The van der Waals surface area contributed by atoms with E-state index in [1.165, 1.54) is 21.0 Å². The predicted molar refractivity (Wildman–Crippen MR) is 75.6 cm³/mol. The predicted octanol–water partition coefficient (Wildman–Crippen LogP) is 0.978. The van der Waals surface area contributed by atoms with Gasteiger partial charge in [-0.25, -0.2) is 17.9 Å². The summed E-state index contributed by atoms with van der Waals surface area (Å²) >= 11 is 0. The molecule has 0 saturated heterocycles. The van der Waals surface area contributed by atoms with Gasteiger partial charge >= 0.3 is 5.97 Å². The second kappa shape index (κ2) is 6.59. The second-order valence-electron chi connectivity index (χ2n) is 5.06. The first kappa shape index (κ1) is 17.7. The van der Waals surface area contributed by atoms with Crippen molar-refractivity contribution in [3.05, 3.63) is 17.1 Å². The molecular formula is C13H21NO6S. The van der Waals surface area contributed by atoms with Crippen LogP contribution in [-0.2, 0) is 14.8 Å². The average Bonchev–Trinajstić information content (AvgIpc) is 2.70. The number of hydrogen-bond donors (Lipinski definition) is 2. The summed E-state index contributed by atoms with van der Waals surface area (Å²) < 4.78 is 37.2. The highest BCUT2D eigenvalue weighted by Gasteiger charge is 2.33. The maximum Gasteiger partial charge on any atom is 0.342 e. The van der Waals surface area contributed by atoms with Gasteiger partial charge in [-0.05, 0) is 19.8 Å². The van der Waals surface area contributed by atoms with Crippen LogP contribution in [-0.4, -0.2) is 39.3 Å². The van der Waals surface area contributed by atoms with Crippen LogP contribution in [0.15, 0.2) is 9.31 Å². The van der Waals surface area contributed by atoms with Crippen molar-refractivity contribution >= 4 is 16.0 Å². The second-order valence-corrected chi connectivity index (χ2v) is 6.72. The highest BCUT2D eigenvalue weighted by atomic mass is 32.2. The van der Waals surface area contributed by atoms with Crippen LogP contribution >= 0.6 is 0 Å². The Morgan fingerprint density at radius 3 is 2.33 bits per heavy atom. The molecule has 1 aromatic rings. The molecule has 1 unspecified atom stereocenters. The van der Waals surface area contributed by atoms with E-state index in [0.717, 1.165) is 0 Å². The maximum atomic E-state index is 12.5. The molecule has 7 nitrogen and oxygen atoms in total. The molecule has 8 heteroatoms. The van der Waals surface area contributed by atoms with Crippen molar-refractivity contribution in [2.24, 2.45) is 5.92 Å². The van der Waals surface area contributed by atoms with Crippen LogP contribution in [0.1, 0.15) is 35.7 Å². The van der Waals surface area contributed by atoms with Crippen LogP contribution in [0.2, 0.25) is 0 Å². The summed E-state index contributed by atoms with van der Waals surface area (Å²) in [6.45, 7) is 6.15. The Balaban J connectivity index is 3.35. The molecule has 0 aromatic carbocycles. The van der Waals surface area contributed by atoms with E-state index in [2.05, 4.69) is 9.46 Å². The van der Waals surface area contributed by atoms with E-state index < -0.39 is 22.0 Å². The van der Waals surface area contributed by atoms with Crippen molar-refractivity contribution in [2.45, 2.75) is 38.6 Å². The topological polar surface area (TPSA) is 106 Å². The molecule has 1 rings (SSSR count). The molecule has 0 amide bonds. The number of methoxy groups -OCH3 is 1. The molecule has 21 heavy (non-hydrogen) atoms. The molecule has 2 N–H and O–H groups in total. The first-order valence-electron chi connectivity index (χ1n) is 6.47. The van der Waals surface area contributed by atoms with E-state index in [1.54, 1.807) is 13.8 Å². The van der Waals surface area contributed by atoms with Crippen LogP contribution in [0.5, 0.6) is 0 Å². The Bertz CT molecular complexity index is 617. The summed E-state index contributed by atoms with van der Waals surface area (Å²) in [5.41, 5.74) is -0.122. The van der Waals surface area contributed by atoms with Crippen LogP contribution in [0.3, 0.4) is 0 Å². The van der Waals surface area contributed by atoms with Gasteiger partial charge in [-0.15, -0.1) is 0 Å². The van der Waals surface area contributed by atoms with Crippen LogP contribution in [0.25, 0.3) is 0 Å². The van der Waals surface area contributed by atoms with Crippen molar-refractivity contribution in [1.82, 2.24) is 4.72 Å². The SMILES string of the molecule is COC(=O)c1c(C)oc(C)c1S(=O)(=O)NC(CO)C(C)C. The van der Waals surface area contributed by atoms with Crippen molar-refractivity contribution in [3.63, 3.8) is 0 Å². The zero-order valence-corrected chi connectivity index (χ0v) is 13.6. The monoisotopic (exact) mass is 319 g/mol. The molecule has 0 saturated carbocycles. The van der Waals surface area contributed by atoms with Crippen molar-refractivity contribution in [1.29, 1.82) is 0 Å². The fourth-order valence-electron chi connectivity index (χ4n) is 1.97. The van der Waals surface area contributed by atoms with Gasteiger partial charge in [-0.2, -0.15) is 0 Å². The third kappa shape index (κ3) is 3.63. The summed E-state index contributed by atoms with van der Waals surface area (Å²) in [5, 5.41) is 9.26. The Hall–Kier alpha value is -1.38. The van der Waals surface area contributed by atoms with Gasteiger partial charge in [0.2, 0.25) is 10.0 Å². The lowest BCUT2D eigenvalue weighted by Gasteiger charge is -2.19. The van der Waals surface area contributed by atoms with Gasteiger partial charge in [-0.3, -0.25) is 0 Å². The number of rotatable bonds is 6. The van der Waals surface area contributed by atoms with Crippen LogP contribution in [0, 0.1) is 19.8 Å². The standard InChI is InChI=1S/C13H21NO6S/c1-7(2)10(6-15)14-21(17,18)12-9(4)20-8(3)11(12)13(16)19-5/h7,10,14-15H,6H2,1-5H3. The van der Waals surface area contributed by atoms with Gasteiger partial charge in [0.1, 0.15) is 22.0 Å². The molecule has 0 aliphatic carbocycles. The van der Waals surface area contributed by atoms with Gasteiger partial charge in [0, 0.05) is 6.04 Å². The van der Waals surface area contributed by atoms with Gasteiger partial charge in [0.25, 0.3) is 0 Å². The summed E-state index contributed by atoms with van der Waals surface area (Å²) in [6, 6.07) is -0.657. The molecule has 0 spiro atoms. The lowest BCUT2D eigenvalue weighted by Crippen LogP contribution is -2.41. The lowest BCUT2D eigenvalue weighted by molar-refractivity contribution is 0.0595. The maximum absolute atomic E-state index is 12.5. The van der Waals surface area contributed by atoms with E-state index >= 15 is 0 Å². The summed E-state index contributed by atoms with van der Waals surface area (Å²) in [7, 11) is -2.85. The molecule has 0 aliphatic rings. The van der Waals surface area contributed by atoms with E-state index in [9.17, 15) is 18.3 Å². The van der Waals surface area contributed by atoms with E-state index in [1.807, 2.05) is 0 Å². The number of esters is 1. The molecule has 0 fully saturated rings. The fourth-order valence-corrected chi connectivity index (χ4v) is 3.75. The average molecular weight is 319 g/mol. The summed E-state index contributed by atoms with van der Waals surface area (Å²) in [5.74, 6) is -0.625. The highest BCUT2D eigenvalue weighted by Crippen LogP contribution is 2.27. The van der Waals surface area contributed by atoms with Gasteiger partial charge in [0.05, 0.1) is 13.7 Å². The fraction of sp³-hybridized carbons (Fsp3) is 0.615. The Morgan fingerprint density at radius 1 is 1.33 bits per heavy atom. The number of ether oxygens (including phenoxy) is 1. The van der Waals surface area contributed by atoms with E-state index in [0.29, 0.717) is 0 Å². The van der Waals surface area contributed by atoms with Crippen molar-refractivity contribution in [2.75, 3.05) is 13.7 Å². The smallest absolute Gasteiger partial charge is 0.342 e. The number of aryl methyl sites for hydroxylation is 2. The van der Waals surface area contributed by atoms with Gasteiger partial charge in [0.15, 0.2) is 0 Å². The Morgan fingerprint density at radius 2 is 1.90 bits per heavy atom. The quantitative estimate of drug-likeness (QED) is 0.757. The largest absolute Gasteiger partial charge is 0.465 e. The zero-order chi connectivity index (χ0) is 16.4. The molecule has 1 heterocycles. The summed E-state index contributed by atoms with van der Waals surface area (Å²) in [6.07, 6.45) is 0. The molecule has 0 bridgehead atoms.